The lowest BCUT2D eigenvalue weighted by atomic mass is 9.87. The lowest BCUT2D eigenvalue weighted by Crippen LogP contribution is -2.38. The lowest BCUT2D eigenvalue weighted by molar-refractivity contribution is 0.136. The van der Waals surface area contributed by atoms with Gasteiger partial charge in [0, 0.05) is 28.4 Å². The third-order valence-corrected chi connectivity index (χ3v) is 4.23. The van der Waals surface area contributed by atoms with Crippen LogP contribution in [-0.2, 0) is 6.54 Å². The number of nitrogens with zero attached hydrogens (tertiary/aromatic N) is 1. The quantitative estimate of drug-likeness (QED) is 0.851. The second kappa shape index (κ2) is 6.38. The number of rotatable bonds is 3. The molecule has 0 aliphatic carbocycles. The molecule has 1 rings (SSSR count). The summed E-state index contributed by atoms with van der Waals surface area (Å²) >= 11 is 1.77. The van der Waals surface area contributed by atoms with Crippen molar-refractivity contribution in [2.24, 2.45) is 11.1 Å². The molecule has 0 radical (unpaired) electrons. The number of thiophene rings is 1. The molecule has 0 amide bonds. The molecule has 0 aliphatic heterocycles. The molecular weight excluding hydrogens is 240 g/mol. The van der Waals surface area contributed by atoms with E-state index in [1.165, 1.54) is 4.88 Å². The molecule has 0 saturated carbocycles. The first-order chi connectivity index (χ1) is 8.34. The normalized spacial score (nSPS) is 13.3. The summed E-state index contributed by atoms with van der Waals surface area (Å²) in [6.07, 6.45) is 0. The van der Waals surface area contributed by atoms with Crippen molar-refractivity contribution in [2.75, 3.05) is 13.6 Å². The second-order valence-corrected chi connectivity index (χ2v) is 6.76. The molecule has 0 aliphatic rings. The lowest BCUT2D eigenvalue weighted by Gasteiger charge is -2.35. The summed E-state index contributed by atoms with van der Waals surface area (Å²) in [5.41, 5.74) is 6.75. The van der Waals surface area contributed by atoms with Gasteiger partial charge >= 0.3 is 0 Å². The fourth-order valence-corrected chi connectivity index (χ4v) is 2.60. The molecule has 0 fully saturated rings. The minimum Gasteiger partial charge on any atom is -0.320 e. The van der Waals surface area contributed by atoms with Gasteiger partial charge in [-0.1, -0.05) is 32.6 Å². The van der Waals surface area contributed by atoms with E-state index >= 15 is 0 Å². The number of nitrogens with two attached hydrogens (primary N) is 1. The summed E-state index contributed by atoms with van der Waals surface area (Å²) in [7, 11) is 2.18. The average molecular weight is 264 g/mol. The van der Waals surface area contributed by atoms with E-state index < -0.39 is 0 Å². The van der Waals surface area contributed by atoms with Crippen LogP contribution < -0.4 is 5.73 Å². The van der Waals surface area contributed by atoms with Gasteiger partial charge in [-0.3, -0.25) is 4.90 Å². The molecule has 3 heteroatoms. The van der Waals surface area contributed by atoms with Crippen LogP contribution in [0.25, 0.3) is 0 Å². The summed E-state index contributed by atoms with van der Waals surface area (Å²) < 4.78 is 0. The Morgan fingerprint density at radius 3 is 2.67 bits per heavy atom. The van der Waals surface area contributed by atoms with Gasteiger partial charge in [0.05, 0.1) is 6.54 Å². The van der Waals surface area contributed by atoms with Crippen LogP contribution in [0.3, 0.4) is 0 Å². The number of hydrogen-bond donors (Lipinski definition) is 1. The summed E-state index contributed by atoms with van der Waals surface area (Å²) in [6.45, 7) is 10.5. The van der Waals surface area contributed by atoms with E-state index in [9.17, 15) is 0 Å². The van der Waals surface area contributed by atoms with Crippen molar-refractivity contribution in [1.82, 2.24) is 4.90 Å². The fourth-order valence-electron chi connectivity index (χ4n) is 1.73. The molecule has 0 spiro atoms. The third kappa shape index (κ3) is 4.45. The van der Waals surface area contributed by atoms with Crippen LogP contribution in [-0.4, -0.2) is 24.5 Å². The summed E-state index contributed by atoms with van der Waals surface area (Å²) in [5.74, 6) is 5.96. The smallest absolute Gasteiger partial charge is 0.0555 e. The zero-order valence-corrected chi connectivity index (χ0v) is 12.9. The molecule has 1 aromatic heterocycles. The van der Waals surface area contributed by atoms with Crippen LogP contribution in [0.2, 0.25) is 0 Å². The highest BCUT2D eigenvalue weighted by Gasteiger charge is 2.23. The predicted molar refractivity (Wildman–Crippen MR) is 80.6 cm³/mol. The molecular formula is C15H24N2S. The maximum atomic E-state index is 5.37. The largest absolute Gasteiger partial charge is 0.320 e. The fraction of sp³-hybridized carbons (Fsp3) is 0.600. The first kappa shape index (κ1) is 15.2. The Hall–Kier alpha value is -0.820. The Morgan fingerprint density at radius 1 is 1.44 bits per heavy atom. The van der Waals surface area contributed by atoms with Gasteiger partial charge in [0.2, 0.25) is 0 Å². The maximum absolute atomic E-state index is 5.37. The minimum absolute atomic E-state index is 0.300. The SMILES string of the molecule is CC(N(C)Cc1cc(C#CCN)cs1)C(C)(C)C. The van der Waals surface area contributed by atoms with Crippen LogP contribution in [0, 0.1) is 17.3 Å². The summed E-state index contributed by atoms with van der Waals surface area (Å²) in [4.78, 5) is 3.75. The standard InChI is InChI=1S/C15H24N2S/c1-12(15(2,3)4)17(5)10-14-9-13(11-18-14)7-6-8-16/h9,11-12H,8,10,16H2,1-5H3. The molecule has 2 nitrogen and oxygen atoms in total. The van der Waals surface area contributed by atoms with Crippen LogP contribution in [0.5, 0.6) is 0 Å². The van der Waals surface area contributed by atoms with Crippen molar-refractivity contribution in [3.63, 3.8) is 0 Å². The van der Waals surface area contributed by atoms with Crippen LogP contribution in [0.1, 0.15) is 38.1 Å². The van der Waals surface area contributed by atoms with Gasteiger partial charge in [-0.25, -0.2) is 0 Å². The van der Waals surface area contributed by atoms with Crippen molar-refractivity contribution in [2.45, 2.75) is 40.3 Å². The highest BCUT2D eigenvalue weighted by Crippen LogP contribution is 2.25. The summed E-state index contributed by atoms with van der Waals surface area (Å²) in [5, 5.41) is 2.10. The molecule has 100 valence electrons. The Morgan fingerprint density at radius 2 is 2.11 bits per heavy atom. The van der Waals surface area contributed by atoms with Gasteiger partial charge in [-0.05, 0) is 25.5 Å². The molecule has 1 unspecified atom stereocenters. The molecule has 2 N–H and O–H groups in total. The molecule has 18 heavy (non-hydrogen) atoms. The van der Waals surface area contributed by atoms with E-state index in [4.69, 9.17) is 5.73 Å². The van der Waals surface area contributed by atoms with Gasteiger partial charge in [0.1, 0.15) is 0 Å². The van der Waals surface area contributed by atoms with E-state index in [1.807, 2.05) is 0 Å². The first-order valence-corrected chi connectivity index (χ1v) is 7.19. The maximum Gasteiger partial charge on any atom is 0.0555 e. The van der Waals surface area contributed by atoms with E-state index in [-0.39, 0.29) is 0 Å². The van der Waals surface area contributed by atoms with Crippen molar-refractivity contribution in [3.05, 3.63) is 21.9 Å². The van der Waals surface area contributed by atoms with E-state index in [0.717, 1.165) is 12.1 Å². The predicted octanol–water partition coefficient (Wildman–Crippen LogP) is 2.92. The van der Waals surface area contributed by atoms with Crippen molar-refractivity contribution in [3.8, 4) is 11.8 Å². The van der Waals surface area contributed by atoms with Gasteiger partial charge in [0.25, 0.3) is 0 Å². The molecule has 1 aromatic rings. The molecule has 0 bridgehead atoms. The van der Waals surface area contributed by atoms with Crippen molar-refractivity contribution in [1.29, 1.82) is 0 Å². The molecule has 0 saturated heterocycles. The topological polar surface area (TPSA) is 29.3 Å². The highest BCUT2D eigenvalue weighted by atomic mass is 32.1. The second-order valence-electron chi connectivity index (χ2n) is 5.76. The average Bonchev–Trinajstić information content (AvgIpc) is 2.71. The van der Waals surface area contributed by atoms with Gasteiger partial charge < -0.3 is 5.73 Å². The Kier molecular flexibility index (Phi) is 5.40. The van der Waals surface area contributed by atoms with Crippen molar-refractivity contribution >= 4 is 11.3 Å². The van der Waals surface area contributed by atoms with Gasteiger partial charge in [-0.2, -0.15) is 0 Å². The van der Waals surface area contributed by atoms with E-state index in [2.05, 4.69) is 62.9 Å². The minimum atomic E-state index is 0.300. The molecule has 1 atom stereocenters. The Bertz CT molecular complexity index is 431. The zero-order chi connectivity index (χ0) is 13.8. The number of hydrogen-bond acceptors (Lipinski definition) is 3. The van der Waals surface area contributed by atoms with E-state index in [1.54, 1.807) is 11.3 Å². The zero-order valence-electron chi connectivity index (χ0n) is 12.1. The first-order valence-electron chi connectivity index (χ1n) is 6.31. The van der Waals surface area contributed by atoms with Gasteiger partial charge in [-0.15, -0.1) is 11.3 Å². The molecule has 0 aromatic carbocycles. The summed E-state index contributed by atoms with van der Waals surface area (Å²) in [6, 6.07) is 2.71. The van der Waals surface area contributed by atoms with Crippen molar-refractivity contribution < 1.29 is 0 Å². The van der Waals surface area contributed by atoms with Crippen LogP contribution in [0.4, 0.5) is 0 Å². The Labute approximate surface area is 115 Å². The van der Waals surface area contributed by atoms with Gasteiger partial charge in [0.15, 0.2) is 0 Å². The molecule has 1 heterocycles. The van der Waals surface area contributed by atoms with Crippen LogP contribution in [0.15, 0.2) is 11.4 Å². The van der Waals surface area contributed by atoms with Crippen LogP contribution >= 0.6 is 11.3 Å². The third-order valence-electron chi connectivity index (χ3n) is 3.31. The van der Waals surface area contributed by atoms with E-state index in [0.29, 0.717) is 18.0 Å². The monoisotopic (exact) mass is 264 g/mol. The Balaban J connectivity index is 2.65. The highest BCUT2D eigenvalue weighted by molar-refractivity contribution is 7.10.